The van der Waals surface area contributed by atoms with Crippen LogP contribution in [-0.4, -0.2) is 23.9 Å². The highest BCUT2D eigenvalue weighted by Crippen LogP contribution is 2.30. The van der Waals surface area contributed by atoms with E-state index in [-0.39, 0.29) is 11.9 Å². The predicted octanol–water partition coefficient (Wildman–Crippen LogP) is 4.97. The Balaban J connectivity index is 2.16. The molecule has 3 aromatic rings. The summed E-state index contributed by atoms with van der Waals surface area (Å²) in [4.78, 5) is 14.8. The minimum Gasteiger partial charge on any atom is -0.464 e. The van der Waals surface area contributed by atoms with Gasteiger partial charge in [0, 0.05) is 18.5 Å². The van der Waals surface area contributed by atoms with Gasteiger partial charge in [0.1, 0.15) is 5.58 Å². The first-order valence-electron chi connectivity index (χ1n) is 7.95. The number of nitrogens with zero attached hydrogens (tertiary/aromatic N) is 1. The van der Waals surface area contributed by atoms with Crippen molar-refractivity contribution in [3.63, 3.8) is 0 Å². The Morgan fingerprint density at radius 1 is 1.17 bits per heavy atom. The van der Waals surface area contributed by atoms with Crippen molar-refractivity contribution < 1.29 is 9.21 Å². The van der Waals surface area contributed by atoms with Crippen molar-refractivity contribution in [3.8, 4) is 11.1 Å². The molecule has 1 aromatic heterocycles. The minimum absolute atomic E-state index is 0.0245. The van der Waals surface area contributed by atoms with E-state index in [0.717, 1.165) is 28.5 Å². The Hall–Kier alpha value is -2.55. The fourth-order valence-electron chi connectivity index (χ4n) is 2.71. The van der Waals surface area contributed by atoms with Crippen molar-refractivity contribution in [2.24, 2.45) is 0 Å². The predicted molar refractivity (Wildman–Crippen MR) is 93.5 cm³/mol. The van der Waals surface area contributed by atoms with Crippen molar-refractivity contribution in [3.05, 3.63) is 60.4 Å². The molecule has 3 nitrogen and oxygen atoms in total. The topological polar surface area (TPSA) is 33.5 Å². The highest BCUT2D eigenvalue weighted by atomic mass is 16.3. The maximum absolute atomic E-state index is 13.0. The van der Waals surface area contributed by atoms with Crippen LogP contribution in [0.2, 0.25) is 0 Å². The molecule has 0 saturated carbocycles. The molecular formula is C20H21NO2. The minimum atomic E-state index is 0.0245. The van der Waals surface area contributed by atoms with Crippen LogP contribution in [0.4, 0.5) is 0 Å². The maximum atomic E-state index is 13.0. The third-order valence-corrected chi connectivity index (χ3v) is 4.48. The van der Waals surface area contributed by atoms with Gasteiger partial charge < -0.3 is 9.32 Å². The lowest BCUT2D eigenvalue weighted by atomic mass is 9.97. The fourth-order valence-corrected chi connectivity index (χ4v) is 2.71. The van der Waals surface area contributed by atoms with Gasteiger partial charge in [-0.25, -0.2) is 0 Å². The molecule has 1 amide bonds. The summed E-state index contributed by atoms with van der Waals surface area (Å²) in [6, 6.07) is 16.0. The van der Waals surface area contributed by atoms with E-state index in [1.807, 2.05) is 55.6 Å². The van der Waals surface area contributed by atoms with E-state index < -0.39 is 0 Å². The third-order valence-electron chi connectivity index (χ3n) is 4.48. The van der Waals surface area contributed by atoms with Crippen LogP contribution in [0, 0.1) is 0 Å². The molecule has 3 heteroatoms. The zero-order valence-corrected chi connectivity index (χ0v) is 13.7. The van der Waals surface area contributed by atoms with Gasteiger partial charge in [0.15, 0.2) is 0 Å². The van der Waals surface area contributed by atoms with Crippen molar-refractivity contribution in [2.45, 2.75) is 26.3 Å². The first-order chi connectivity index (χ1) is 11.1. The summed E-state index contributed by atoms with van der Waals surface area (Å²) in [5, 5.41) is 1.01. The Kier molecular flexibility index (Phi) is 4.20. The second kappa shape index (κ2) is 6.29. The molecule has 0 spiro atoms. The van der Waals surface area contributed by atoms with E-state index in [9.17, 15) is 4.79 Å². The van der Waals surface area contributed by atoms with Crippen LogP contribution in [0.15, 0.2) is 59.2 Å². The first kappa shape index (κ1) is 15.3. The fraction of sp³-hybridized carbons (Fsp3) is 0.250. The van der Waals surface area contributed by atoms with Crippen molar-refractivity contribution in [2.75, 3.05) is 7.05 Å². The van der Waals surface area contributed by atoms with Crippen molar-refractivity contribution in [1.29, 1.82) is 0 Å². The standard InChI is InChI=1S/C20H21NO2/c1-4-14(2)21(3)20(22)18-13-19-16(10-11-23-19)12-17(18)15-8-6-5-7-9-15/h5-14H,4H2,1-3H3. The van der Waals surface area contributed by atoms with E-state index in [0.29, 0.717) is 5.56 Å². The van der Waals surface area contributed by atoms with Crippen LogP contribution < -0.4 is 0 Å². The average Bonchev–Trinajstić information content (AvgIpc) is 3.06. The first-order valence-corrected chi connectivity index (χ1v) is 7.95. The van der Waals surface area contributed by atoms with Crippen LogP contribution in [0.25, 0.3) is 22.1 Å². The lowest BCUT2D eigenvalue weighted by Crippen LogP contribution is -2.34. The van der Waals surface area contributed by atoms with Gasteiger partial charge in [-0.1, -0.05) is 37.3 Å². The molecule has 3 rings (SSSR count). The summed E-state index contributed by atoms with van der Waals surface area (Å²) in [5.41, 5.74) is 3.41. The SMILES string of the molecule is CCC(C)N(C)C(=O)c1cc2occc2cc1-c1ccccc1. The molecule has 0 N–H and O–H groups in total. The second-order valence-corrected chi connectivity index (χ2v) is 5.90. The molecule has 1 atom stereocenters. The third kappa shape index (κ3) is 2.87. The summed E-state index contributed by atoms with van der Waals surface area (Å²) >= 11 is 0. The lowest BCUT2D eigenvalue weighted by molar-refractivity contribution is 0.0741. The molecule has 0 aliphatic rings. The Bertz CT molecular complexity index is 820. The zero-order valence-electron chi connectivity index (χ0n) is 13.7. The van der Waals surface area contributed by atoms with Gasteiger partial charge in [-0.3, -0.25) is 4.79 Å². The lowest BCUT2D eigenvalue weighted by Gasteiger charge is -2.25. The molecule has 118 valence electrons. The van der Waals surface area contributed by atoms with Gasteiger partial charge in [-0.15, -0.1) is 0 Å². The molecule has 0 radical (unpaired) electrons. The van der Waals surface area contributed by atoms with Crippen LogP contribution >= 0.6 is 0 Å². The summed E-state index contributed by atoms with van der Waals surface area (Å²) in [6.45, 7) is 4.15. The van der Waals surface area contributed by atoms with Crippen LogP contribution in [0.1, 0.15) is 30.6 Å². The van der Waals surface area contributed by atoms with E-state index in [1.54, 1.807) is 11.2 Å². The number of fused-ring (bicyclic) bond motifs is 1. The van der Waals surface area contributed by atoms with E-state index >= 15 is 0 Å². The maximum Gasteiger partial charge on any atom is 0.254 e. The smallest absolute Gasteiger partial charge is 0.254 e. The number of amides is 1. The van der Waals surface area contributed by atoms with Gasteiger partial charge in [0.25, 0.3) is 5.91 Å². The summed E-state index contributed by atoms with van der Waals surface area (Å²) in [5.74, 6) is 0.0245. The molecule has 1 unspecified atom stereocenters. The molecule has 0 fully saturated rings. The van der Waals surface area contributed by atoms with Crippen LogP contribution in [0.3, 0.4) is 0 Å². The molecule has 0 saturated heterocycles. The number of furan rings is 1. The van der Waals surface area contributed by atoms with Gasteiger partial charge >= 0.3 is 0 Å². The molecule has 0 bridgehead atoms. The summed E-state index contributed by atoms with van der Waals surface area (Å²) in [6.07, 6.45) is 2.58. The molecule has 0 aliphatic heterocycles. The normalized spacial score (nSPS) is 12.3. The van der Waals surface area contributed by atoms with Gasteiger partial charge in [0.2, 0.25) is 0 Å². The van der Waals surface area contributed by atoms with Crippen LogP contribution in [0.5, 0.6) is 0 Å². The van der Waals surface area contributed by atoms with E-state index in [2.05, 4.69) is 13.8 Å². The molecular weight excluding hydrogens is 286 g/mol. The number of carbonyl (C=O) groups is 1. The number of hydrogen-bond donors (Lipinski definition) is 0. The van der Waals surface area contributed by atoms with E-state index in [4.69, 9.17) is 4.42 Å². The largest absolute Gasteiger partial charge is 0.464 e. The average molecular weight is 307 g/mol. The Morgan fingerprint density at radius 3 is 2.61 bits per heavy atom. The van der Waals surface area contributed by atoms with Crippen LogP contribution in [-0.2, 0) is 0 Å². The zero-order chi connectivity index (χ0) is 16.4. The molecule has 1 heterocycles. The highest BCUT2D eigenvalue weighted by Gasteiger charge is 2.21. The Labute approximate surface area is 136 Å². The number of rotatable bonds is 4. The number of hydrogen-bond acceptors (Lipinski definition) is 2. The second-order valence-electron chi connectivity index (χ2n) is 5.90. The quantitative estimate of drug-likeness (QED) is 0.682. The number of benzene rings is 2. The van der Waals surface area contributed by atoms with Crippen molar-refractivity contribution in [1.82, 2.24) is 4.90 Å². The Morgan fingerprint density at radius 2 is 1.91 bits per heavy atom. The van der Waals surface area contributed by atoms with Gasteiger partial charge in [-0.2, -0.15) is 0 Å². The highest BCUT2D eigenvalue weighted by molar-refractivity contribution is 6.04. The van der Waals surface area contributed by atoms with Gasteiger partial charge in [-0.05, 0) is 42.7 Å². The van der Waals surface area contributed by atoms with E-state index in [1.165, 1.54) is 0 Å². The molecule has 2 aromatic carbocycles. The molecule has 0 aliphatic carbocycles. The summed E-state index contributed by atoms with van der Waals surface area (Å²) < 4.78 is 5.50. The van der Waals surface area contributed by atoms with Crippen molar-refractivity contribution >= 4 is 16.9 Å². The summed E-state index contributed by atoms with van der Waals surface area (Å²) in [7, 11) is 1.86. The van der Waals surface area contributed by atoms with Gasteiger partial charge in [0.05, 0.1) is 11.8 Å². The molecule has 23 heavy (non-hydrogen) atoms. The monoisotopic (exact) mass is 307 g/mol. The number of carbonyl (C=O) groups excluding carboxylic acids is 1.